The predicted octanol–water partition coefficient (Wildman–Crippen LogP) is 4.03. The lowest BCUT2D eigenvalue weighted by Gasteiger charge is -2.07. The third-order valence-electron chi connectivity index (χ3n) is 3.30. The molecule has 106 valence electrons. The lowest BCUT2D eigenvalue weighted by atomic mass is 10.1. The molecule has 0 aliphatic carbocycles. The first-order valence-electron chi connectivity index (χ1n) is 6.48. The number of thioether (sulfide) groups is 1. The summed E-state index contributed by atoms with van der Waals surface area (Å²) in [5.41, 5.74) is 1.63. The highest BCUT2D eigenvalue weighted by Crippen LogP contribution is 2.41. The predicted molar refractivity (Wildman–Crippen MR) is 84.2 cm³/mol. The molecule has 2 aromatic rings. The zero-order chi connectivity index (χ0) is 14.8. The Morgan fingerprint density at radius 1 is 1.05 bits per heavy atom. The Morgan fingerprint density at radius 3 is 2.57 bits per heavy atom. The summed E-state index contributed by atoms with van der Waals surface area (Å²) in [4.78, 5) is 14.1. The molecule has 0 bridgehead atoms. The second-order valence-corrected chi connectivity index (χ2v) is 5.63. The molecule has 0 saturated heterocycles. The maximum absolute atomic E-state index is 12.4. The van der Waals surface area contributed by atoms with E-state index in [1.54, 1.807) is 14.2 Å². The first-order valence-corrected chi connectivity index (χ1v) is 7.30. The monoisotopic (exact) mass is 298 g/mol. The smallest absolute Gasteiger partial charge is 0.200 e. The molecule has 0 spiro atoms. The molecular weight excluding hydrogens is 284 g/mol. The summed E-state index contributed by atoms with van der Waals surface area (Å²) < 4.78 is 10.5. The van der Waals surface area contributed by atoms with E-state index in [0.29, 0.717) is 10.7 Å². The quantitative estimate of drug-likeness (QED) is 0.801. The number of Topliss-reactive ketones (excluding diaryl/α,β-unsaturated/α-hetero) is 1. The fraction of sp³-hybridized carbons (Fsp3) is 0.118. The minimum absolute atomic E-state index is 0.0634. The van der Waals surface area contributed by atoms with Crippen molar-refractivity contribution in [3.05, 3.63) is 58.5 Å². The van der Waals surface area contributed by atoms with Gasteiger partial charge >= 0.3 is 0 Å². The number of fused-ring (bicyclic) bond motifs is 1. The Kier molecular flexibility index (Phi) is 3.71. The maximum Gasteiger partial charge on any atom is 0.200 e. The van der Waals surface area contributed by atoms with Crippen LogP contribution in [0.15, 0.2) is 52.3 Å². The minimum Gasteiger partial charge on any atom is -0.497 e. The zero-order valence-corrected chi connectivity index (χ0v) is 12.6. The Morgan fingerprint density at radius 2 is 1.86 bits per heavy atom. The van der Waals surface area contributed by atoms with E-state index < -0.39 is 0 Å². The zero-order valence-electron chi connectivity index (χ0n) is 11.8. The third-order valence-corrected chi connectivity index (χ3v) is 4.40. The van der Waals surface area contributed by atoms with Crippen molar-refractivity contribution in [3.63, 3.8) is 0 Å². The van der Waals surface area contributed by atoms with Crippen LogP contribution in [0.25, 0.3) is 6.08 Å². The SMILES string of the molecule is COc1ccc(/C=C2\Sc3ccccc3C2=O)c(OC)c1. The van der Waals surface area contributed by atoms with Crippen LogP contribution in [-0.4, -0.2) is 20.0 Å². The van der Waals surface area contributed by atoms with E-state index in [1.165, 1.54) is 11.8 Å². The molecule has 0 saturated carbocycles. The van der Waals surface area contributed by atoms with Gasteiger partial charge in [-0.3, -0.25) is 4.79 Å². The molecular formula is C17H14O3S. The molecule has 0 atom stereocenters. The van der Waals surface area contributed by atoms with Crippen LogP contribution in [0.4, 0.5) is 0 Å². The molecule has 0 radical (unpaired) electrons. The third kappa shape index (κ3) is 2.54. The molecule has 0 unspecified atom stereocenters. The van der Waals surface area contributed by atoms with Crippen LogP contribution in [0.3, 0.4) is 0 Å². The van der Waals surface area contributed by atoms with Crippen LogP contribution < -0.4 is 9.47 Å². The van der Waals surface area contributed by atoms with Gasteiger partial charge in [-0.05, 0) is 30.3 Å². The van der Waals surface area contributed by atoms with Gasteiger partial charge in [0.1, 0.15) is 11.5 Å². The lowest BCUT2D eigenvalue weighted by Crippen LogP contribution is -1.95. The van der Waals surface area contributed by atoms with Gasteiger partial charge in [-0.25, -0.2) is 0 Å². The van der Waals surface area contributed by atoms with Crippen LogP contribution in [-0.2, 0) is 0 Å². The van der Waals surface area contributed by atoms with Crippen LogP contribution in [0.5, 0.6) is 11.5 Å². The number of carbonyl (C=O) groups excluding carboxylic acids is 1. The van der Waals surface area contributed by atoms with E-state index in [9.17, 15) is 4.79 Å². The van der Waals surface area contributed by atoms with Crippen molar-refractivity contribution < 1.29 is 14.3 Å². The topological polar surface area (TPSA) is 35.5 Å². The second kappa shape index (κ2) is 5.66. The molecule has 0 fully saturated rings. The van der Waals surface area contributed by atoms with Crippen molar-refractivity contribution >= 4 is 23.6 Å². The Balaban J connectivity index is 1.99. The normalized spacial score (nSPS) is 15.1. The van der Waals surface area contributed by atoms with Crippen molar-refractivity contribution in [2.45, 2.75) is 4.90 Å². The molecule has 1 aliphatic rings. The van der Waals surface area contributed by atoms with Crippen LogP contribution >= 0.6 is 11.8 Å². The number of hydrogen-bond donors (Lipinski definition) is 0. The van der Waals surface area contributed by atoms with Gasteiger partial charge in [-0.15, -0.1) is 0 Å². The van der Waals surface area contributed by atoms with Crippen molar-refractivity contribution in [1.29, 1.82) is 0 Å². The molecule has 1 aliphatic heterocycles. The van der Waals surface area contributed by atoms with Gasteiger partial charge in [0.2, 0.25) is 5.78 Å². The average molecular weight is 298 g/mol. The molecule has 3 nitrogen and oxygen atoms in total. The lowest BCUT2D eigenvalue weighted by molar-refractivity contribution is 0.104. The highest BCUT2D eigenvalue weighted by atomic mass is 32.2. The number of allylic oxidation sites excluding steroid dienone is 1. The van der Waals surface area contributed by atoms with E-state index in [2.05, 4.69) is 0 Å². The van der Waals surface area contributed by atoms with Gasteiger partial charge in [-0.2, -0.15) is 0 Å². The van der Waals surface area contributed by atoms with E-state index in [1.807, 2.05) is 48.5 Å². The Hall–Kier alpha value is -2.20. The van der Waals surface area contributed by atoms with Crippen molar-refractivity contribution in [2.24, 2.45) is 0 Å². The minimum atomic E-state index is 0.0634. The molecule has 0 aromatic heterocycles. The first-order chi connectivity index (χ1) is 10.2. The van der Waals surface area contributed by atoms with Crippen LogP contribution in [0.2, 0.25) is 0 Å². The molecule has 2 aromatic carbocycles. The summed E-state index contributed by atoms with van der Waals surface area (Å²) in [6.07, 6.45) is 1.87. The van der Waals surface area contributed by atoms with E-state index in [0.717, 1.165) is 21.8 Å². The second-order valence-electron chi connectivity index (χ2n) is 4.54. The number of methoxy groups -OCH3 is 2. The van der Waals surface area contributed by atoms with Crippen molar-refractivity contribution in [2.75, 3.05) is 14.2 Å². The van der Waals surface area contributed by atoms with Crippen LogP contribution in [0, 0.1) is 0 Å². The summed E-state index contributed by atoms with van der Waals surface area (Å²) in [6, 6.07) is 13.2. The molecule has 3 rings (SSSR count). The number of ketones is 1. The number of carbonyl (C=O) groups is 1. The highest BCUT2D eigenvalue weighted by Gasteiger charge is 2.25. The number of ether oxygens (including phenoxy) is 2. The maximum atomic E-state index is 12.4. The van der Waals surface area contributed by atoms with Gasteiger partial charge in [0.15, 0.2) is 0 Å². The van der Waals surface area contributed by atoms with E-state index in [-0.39, 0.29) is 5.78 Å². The standard InChI is InChI=1S/C17H14O3S/c1-19-12-8-7-11(14(10-12)20-2)9-16-17(18)13-5-3-4-6-15(13)21-16/h3-10H,1-2H3/b16-9-. The van der Waals surface area contributed by atoms with Gasteiger partial charge in [0.25, 0.3) is 0 Å². The van der Waals surface area contributed by atoms with E-state index in [4.69, 9.17) is 9.47 Å². The highest BCUT2D eigenvalue weighted by molar-refractivity contribution is 8.04. The molecule has 21 heavy (non-hydrogen) atoms. The van der Waals surface area contributed by atoms with Gasteiger partial charge in [0, 0.05) is 22.1 Å². The number of hydrogen-bond acceptors (Lipinski definition) is 4. The summed E-state index contributed by atoms with van der Waals surface area (Å²) >= 11 is 1.49. The van der Waals surface area contributed by atoms with Crippen molar-refractivity contribution in [1.82, 2.24) is 0 Å². The van der Waals surface area contributed by atoms with Gasteiger partial charge in [-0.1, -0.05) is 23.9 Å². The first kappa shape index (κ1) is 13.8. The Labute approximate surface area is 127 Å². The fourth-order valence-corrected chi connectivity index (χ4v) is 3.26. The average Bonchev–Trinajstić information content (AvgIpc) is 2.84. The van der Waals surface area contributed by atoms with Gasteiger partial charge < -0.3 is 9.47 Å². The Bertz CT molecular complexity index is 735. The molecule has 1 heterocycles. The number of rotatable bonds is 3. The summed E-state index contributed by atoms with van der Waals surface area (Å²) in [5.74, 6) is 1.47. The van der Waals surface area contributed by atoms with Crippen LogP contribution in [0.1, 0.15) is 15.9 Å². The van der Waals surface area contributed by atoms with E-state index >= 15 is 0 Å². The van der Waals surface area contributed by atoms with Gasteiger partial charge in [0.05, 0.1) is 19.1 Å². The molecule has 0 amide bonds. The molecule has 0 N–H and O–H groups in total. The summed E-state index contributed by atoms with van der Waals surface area (Å²) in [5, 5.41) is 0. The summed E-state index contributed by atoms with van der Waals surface area (Å²) in [6.45, 7) is 0. The molecule has 4 heteroatoms. The summed E-state index contributed by atoms with van der Waals surface area (Å²) in [7, 11) is 3.22. The van der Waals surface area contributed by atoms with Crippen molar-refractivity contribution in [3.8, 4) is 11.5 Å². The fourth-order valence-electron chi connectivity index (χ4n) is 2.21. The largest absolute Gasteiger partial charge is 0.497 e. The number of benzene rings is 2.